The fourth-order valence-corrected chi connectivity index (χ4v) is 3.31. The van der Waals surface area contributed by atoms with Crippen LogP contribution in [0.25, 0.3) is 5.69 Å². The van der Waals surface area contributed by atoms with Crippen molar-refractivity contribution in [1.29, 1.82) is 0 Å². The van der Waals surface area contributed by atoms with E-state index in [1.165, 1.54) is 12.0 Å². The van der Waals surface area contributed by atoms with Crippen LogP contribution in [0.4, 0.5) is 0 Å². The van der Waals surface area contributed by atoms with Gasteiger partial charge in [-0.25, -0.2) is 4.68 Å². The van der Waals surface area contributed by atoms with Crippen LogP contribution in [0, 0.1) is 12.3 Å². The van der Waals surface area contributed by atoms with Crippen LogP contribution < -0.4 is 5.73 Å². The van der Waals surface area contributed by atoms with Crippen LogP contribution in [0.5, 0.6) is 0 Å². The highest BCUT2D eigenvalue weighted by molar-refractivity contribution is 9.10. The van der Waals surface area contributed by atoms with Crippen molar-refractivity contribution < 1.29 is 0 Å². The topological polar surface area (TPSA) is 47.1 Å². The number of rotatable bonds is 4. The van der Waals surface area contributed by atoms with Crippen LogP contribution in [-0.4, -0.2) is 34.3 Å². The normalized spacial score (nSPS) is 21.4. The van der Waals surface area contributed by atoms with Crippen LogP contribution in [0.2, 0.25) is 0 Å². The highest BCUT2D eigenvalue weighted by Crippen LogP contribution is 2.30. The molecule has 0 amide bonds. The summed E-state index contributed by atoms with van der Waals surface area (Å²) in [5, 5.41) is 4.66. The second-order valence-corrected chi connectivity index (χ2v) is 7.55. The van der Waals surface area contributed by atoms with Gasteiger partial charge >= 0.3 is 0 Å². The number of likely N-dealkylation sites (tertiary alicyclic amines) is 1. The third-order valence-corrected chi connectivity index (χ3v) is 5.14. The molecular formula is C17H24BrClN4. The third-order valence-electron chi connectivity index (χ3n) is 4.62. The Balaban J connectivity index is 0.00000192. The second-order valence-electron chi connectivity index (χ2n) is 6.64. The van der Waals surface area contributed by atoms with Crippen molar-refractivity contribution in [3.05, 3.63) is 46.2 Å². The fraction of sp³-hybridized carbons (Fsp3) is 0.471. The van der Waals surface area contributed by atoms with E-state index in [2.05, 4.69) is 58.1 Å². The Labute approximate surface area is 152 Å². The lowest BCUT2D eigenvalue weighted by atomic mass is 9.90. The first-order valence-electron chi connectivity index (χ1n) is 7.73. The third kappa shape index (κ3) is 4.15. The van der Waals surface area contributed by atoms with Crippen LogP contribution in [0.15, 0.2) is 34.9 Å². The smallest absolute Gasteiger partial charge is 0.0646 e. The lowest BCUT2D eigenvalue weighted by Crippen LogP contribution is -2.31. The molecule has 1 saturated heterocycles. The number of aryl methyl sites for hydroxylation is 1. The summed E-state index contributed by atoms with van der Waals surface area (Å²) in [4.78, 5) is 2.49. The van der Waals surface area contributed by atoms with Gasteiger partial charge in [-0.05, 0) is 56.1 Å². The molecule has 23 heavy (non-hydrogen) atoms. The van der Waals surface area contributed by atoms with E-state index in [1.54, 1.807) is 0 Å². The average Bonchev–Trinajstić information content (AvgIpc) is 3.05. The molecule has 2 aromatic rings. The molecule has 1 aliphatic heterocycles. The number of aromatic nitrogens is 2. The van der Waals surface area contributed by atoms with Gasteiger partial charge in [-0.15, -0.1) is 12.4 Å². The molecule has 0 bridgehead atoms. The second kappa shape index (κ2) is 7.34. The molecule has 2 N–H and O–H groups in total. The summed E-state index contributed by atoms with van der Waals surface area (Å²) >= 11 is 3.47. The molecule has 2 heterocycles. The van der Waals surface area contributed by atoms with Crippen molar-refractivity contribution in [2.75, 3.05) is 19.6 Å². The minimum atomic E-state index is 0. The maximum atomic E-state index is 5.90. The predicted molar refractivity (Wildman–Crippen MR) is 100 cm³/mol. The number of hydrogen-bond acceptors (Lipinski definition) is 3. The summed E-state index contributed by atoms with van der Waals surface area (Å²) < 4.78 is 3.05. The van der Waals surface area contributed by atoms with Crippen molar-refractivity contribution in [2.24, 2.45) is 11.1 Å². The molecule has 4 nitrogen and oxygen atoms in total. The number of nitrogens with zero attached hydrogens (tertiary/aromatic N) is 3. The van der Waals surface area contributed by atoms with Crippen molar-refractivity contribution >= 4 is 28.3 Å². The summed E-state index contributed by atoms with van der Waals surface area (Å²) in [6.45, 7) is 8.29. The summed E-state index contributed by atoms with van der Waals surface area (Å²) in [6.07, 6.45) is 3.33. The van der Waals surface area contributed by atoms with Gasteiger partial charge in [0.1, 0.15) is 0 Å². The molecule has 0 radical (unpaired) electrons. The quantitative estimate of drug-likeness (QED) is 0.855. The standard InChI is InChI=1S/C17H23BrN4.ClH/c1-13-14(9-21-8-7-17(2,11-19)12-21)10-22(20-13)16-5-3-15(18)4-6-16;/h3-6,10H,7-9,11-12,19H2,1-2H3;1H. The lowest BCUT2D eigenvalue weighted by molar-refractivity contribution is 0.274. The monoisotopic (exact) mass is 398 g/mol. The molecule has 6 heteroatoms. The molecule has 0 saturated carbocycles. The SMILES string of the molecule is Cc1nn(-c2ccc(Br)cc2)cc1CN1CCC(C)(CN)C1.Cl. The van der Waals surface area contributed by atoms with Crippen LogP contribution >= 0.6 is 28.3 Å². The Hall–Kier alpha value is -0.880. The summed E-state index contributed by atoms with van der Waals surface area (Å²) in [6, 6.07) is 8.22. The summed E-state index contributed by atoms with van der Waals surface area (Å²) in [5.74, 6) is 0. The highest BCUT2D eigenvalue weighted by atomic mass is 79.9. The zero-order valence-electron chi connectivity index (χ0n) is 13.6. The van der Waals surface area contributed by atoms with E-state index in [0.717, 1.165) is 42.0 Å². The average molecular weight is 400 g/mol. The molecule has 1 fully saturated rings. The molecule has 0 spiro atoms. The van der Waals surface area contributed by atoms with Gasteiger partial charge in [0, 0.05) is 29.3 Å². The molecule has 1 aromatic heterocycles. The van der Waals surface area contributed by atoms with Gasteiger partial charge in [0.05, 0.1) is 11.4 Å². The van der Waals surface area contributed by atoms with E-state index >= 15 is 0 Å². The van der Waals surface area contributed by atoms with Gasteiger partial charge < -0.3 is 5.73 Å². The van der Waals surface area contributed by atoms with Crippen molar-refractivity contribution in [3.63, 3.8) is 0 Å². The van der Waals surface area contributed by atoms with Crippen LogP contribution in [0.1, 0.15) is 24.6 Å². The number of hydrogen-bond donors (Lipinski definition) is 1. The van der Waals surface area contributed by atoms with Crippen LogP contribution in [0.3, 0.4) is 0 Å². The van der Waals surface area contributed by atoms with Gasteiger partial charge in [-0.3, -0.25) is 4.90 Å². The van der Waals surface area contributed by atoms with Gasteiger partial charge in [0.2, 0.25) is 0 Å². The molecule has 0 aliphatic carbocycles. The van der Waals surface area contributed by atoms with E-state index in [-0.39, 0.29) is 17.8 Å². The Morgan fingerprint density at radius 2 is 2.00 bits per heavy atom. The predicted octanol–water partition coefficient (Wildman–Crippen LogP) is 3.54. The number of halogens is 2. The molecule has 1 atom stereocenters. The Bertz CT molecular complexity index is 655. The zero-order valence-corrected chi connectivity index (χ0v) is 16.0. The van der Waals surface area contributed by atoms with E-state index in [4.69, 9.17) is 5.73 Å². The zero-order chi connectivity index (χ0) is 15.7. The first-order valence-corrected chi connectivity index (χ1v) is 8.52. The van der Waals surface area contributed by atoms with Gasteiger partial charge in [-0.1, -0.05) is 22.9 Å². The van der Waals surface area contributed by atoms with Gasteiger partial charge in [-0.2, -0.15) is 5.10 Å². The van der Waals surface area contributed by atoms with Crippen molar-refractivity contribution in [1.82, 2.24) is 14.7 Å². The van der Waals surface area contributed by atoms with Gasteiger partial charge in [0.15, 0.2) is 0 Å². The largest absolute Gasteiger partial charge is 0.330 e. The minimum absolute atomic E-state index is 0. The number of nitrogens with two attached hydrogens (primary N) is 1. The maximum Gasteiger partial charge on any atom is 0.0646 e. The van der Waals surface area contributed by atoms with Crippen LogP contribution in [-0.2, 0) is 6.54 Å². The Morgan fingerprint density at radius 3 is 2.61 bits per heavy atom. The summed E-state index contributed by atoms with van der Waals surface area (Å²) in [7, 11) is 0. The van der Waals surface area contributed by atoms with E-state index in [0.29, 0.717) is 0 Å². The number of benzene rings is 1. The van der Waals surface area contributed by atoms with Crippen molar-refractivity contribution in [2.45, 2.75) is 26.8 Å². The van der Waals surface area contributed by atoms with E-state index in [1.807, 2.05) is 16.8 Å². The minimum Gasteiger partial charge on any atom is -0.330 e. The molecule has 1 aliphatic rings. The fourth-order valence-electron chi connectivity index (χ4n) is 3.05. The highest BCUT2D eigenvalue weighted by Gasteiger charge is 2.32. The lowest BCUT2D eigenvalue weighted by Gasteiger charge is -2.22. The van der Waals surface area contributed by atoms with E-state index < -0.39 is 0 Å². The first-order chi connectivity index (χ1) is 10.5. The van der Waals surface area contributed by atoms with Crippen molar-refractivity contribution in [3.8, 4) is 5.69 Å². The molecular weight excluding hydrogens is 376 g/mol. The van der Waals surface area contributed by atoms with Gasteiger partial charge in [0.25, 0.3) is 0 Å². The maximum absolute atomic E-state index is 5.90. The van der Waals surface area contributed by atoms with E-state index in [9.17, 15) is 0 Å². The molecule has 126 valence electrons. The molecule has 3 rings (SSSR count). The molecule has 1 unspecified atom stereocenters. The summed E-state index contributed by atoms with van der Waals surface area (Å²) in [5.41, 5.74) is 9.66. The molecule has 1 aromatic carbocycles. The first kappa shape index (κ1) is 18.5. The Kier molecular flexibility index (Phi) is 5.89. The Morgan fingerprint density at radius 1 is 1.30 bits per heavy atom.